The van der Waals surface area contributed by atoms with Crippen molar-refractivity contribution in [2.24, 2.45) is 5.18 Å². The lowest BCUT2D eigenvalue weighted by molar-refractivity contribution is -0.162. The summed E-state index contributed by atoms with van der Waals surface area (Å²) in [7, 11) is 0. The standard InChI is InChI=1S/C9H14N2O4S/c1-9(16,5-11-14)8(13)15-7(12)6-3-2-4-10-6/h6,10,16H,2-5H2,1H3/t6-,9?/m0/s1. The summed E-state index contributed by atoms with van der Waals surface area (Å²) < 4.78 is 3.28. The highest BCUT2D eigenvalue weighted by molar-refractivity contribution is 7.82. The molecule has 0 amide bonds. The Morgan fingerprint density at radius 1 is 1.62 bits per heavy atom. The molecule has 0 aliphatic carbocycles. The molecule has 1 N–H and O–H groups in total. The predicted octanol–water partition coefficient (Wildman–Crippen LogP) is 0.263. The van der Waals surface area contributed by atoms with Gasteiger partial charge in [0, 0.05) is 0 Å². The van der Waals surface area contributed by atoms with Crippen LogP contribution >= 0.6 is 12.6 Å². The summed E-state index contributed by atoms with van der Waals surface area (Å²) in [5.74, 6) is -1.46. The summed E-state index contributed by atoms with van der Waals surface area (Å²) in [5.41, 5.74) is 0. The molecular weight excluding hydrogens is 232 g/mol. The number of carbonyl (C=O) groups is 2. The molecule has 2 atom stereocenters. The minimum Gasteiger partial charge on any atom is -0.391 e. The Morgan fingerprint density at radius 3 is 2.81 bits per heavy atom. The first-order chi connectivity index (χ1) is 7.47. The van der Waals surface area contributed by atoms with Gasteiger partial charge in [-0.1, -0.05) is 5.18 Å². The Hall–Kier alpha value is -0.950. The number of nitroso groups, excluding NO2 is 1. The normalized spacial score (nSPS) is 23.5. The fourth-order valence-electron chi connectivity index (χ4n) is 1.35. The fourth-order valence-corrected chi connectivity index (χ4v) is 1.45. The number of hydrogen-bond acceptors (Lipinski definition) is 7. The average molecular weight is 246 g/mol. The van der Waals surface area contributed by atoms with Gasteiger partial charge >= 0.3 is 11.9 Å². The van der Waals surface area contributed by atoms with Crippen molar-refractivity contribution in [1.82, 2.24) is 5.32 Å². The van der Waals surface area contributed by atoms with Crippen LogP contribution in [0.1, 0.15) is 19.8 Å². The van der Waals surface area contributed by atoms with Crippen LogP contribution in [0.25, 0.3) is 0 Å². The van der Waals surface area contributed by atoms with E-state index in [0.717, 1.165) is 13.0 Å². The molecule has 0 aromatic carbocycles. The second-order valence-corrected chi connectivity index (χ2v) is 4.91. The van der Waals surface area contributed by atoms with Gasteiger partial charge in [0.05, 0.1) is 0 Å². The molecule has 1 heterocycles. The lowest BCUT2D eigenvalue weighted by atomic mass is 10.2. The van der Waals surface area contributed by atoms with Crippen LogP contribution in [0.15, 0.2) is 5.18 Å². The number of thiol groups is 1. The minimum absolute atomic E-state index is 0.333. The zero-order valence-electron chi connectivity index (χ0n) is 8.93. The Kier molecular flexibility index (Phi) is 4.43. The number of hydrogen-bond donors (Lipinski definition) is 2. The van der Waals surface area contributed by atoms with E-state index in [1.165, 1.54) is 6.92 Å². The van der Waals surface area contributed by atoms with Crippen LogP contribution in [-0.2, 0) is 14.3 Å². The lowest BCUT2D eigenvalue weighted by Gasteiger charge is -2.18. The largest absolute Gasteiger partial charge is 0.391 e. The highest BCUT2D eigenvalue weighted by atomic mass is 32.1. The van der Waals surface area contributed by atoms with Gasteiger partial charge in [-0.2, -0.15) is 17.5 Å². The van der Waals surface area contributed by atoms with Crippen LogP contribution < -0.4 is 5.32 Å². The monoisotopic (exact) mass is 246 g/mol. The van der Waals surface area contributed by atoms with E-state index in [0.29, 0.717) is 6.42 Å². The summed E-state index contributed by atoms with van der Waals surface area (Å²) >= 11 is 3.94. The predicted molar refractivity (Wildman–Crippen MR) is 60.2 cm³/mol. The molecule has 1 unspecified atom stereocenters. The van der Waals surface area contributed by atoms with Crippen LogP contribution in [0.2, 0.25) is 0 Å². The zero-order chi connectivity index (χ0) is 12.2. The SMILES string of the molecule is CC(S)(CN=O)C(=O)OC(=O)[C@@H]1CCCN1. The molecule has 0 spiro atoms. The van der Waals surface area contributed by atoms with E-state index in [1.54, 1.807) is 0 Å². The molecule has 1 aliphatic heterocycles. The number of rotatable bonds is 4. The van der Waals surface area contributed by atoms with Crippen LogP contribution in [-0.4, -0.2) is 35.8 Å². The summed E-state index contributed by atoms with van der Waals surface area (Å²) in [6.45, 7) is 1.79. The second-order valence-electron chi connectivity index (χ2n) is 3.92. The molecule has 90 valence electrons. The van der Waals surface area contributed by atoms with Crippen molar-refractivity contribution in [3.63, 3.8) is 0 Å². The molecule has 1 fully saturated rings. The molecule has 0 bridgehead atoms. The number of nitrogens with zero attached hydrogens (tertiary/aromatic N) is 1. The third-order valence-corrected chi connectivity index (χ3v) is 2.67. The van der Waals surface area contributed by atoms with Crippen molar-refractivity contribution < 1.29 is 14.3 Å². The second kappa shape index (κ2) is 5.40. The number of carbonyl (C=O) groups excluding carboxylic acids is 2. The van der Waals surface area contributed by atoms with Gasteiger partial charge in [-0.15, -0.1) is 0 Å². The smallest absolute Gasteiger partial charge is 0.331 e. The van der Waals surface area contributed by atoms with Crippen LogP contribution in [0.4, 0.5) is 0 Å². The molecule has 0 radical (unpaired) electrons. The van der Waals surface area contributed by atoms with Crippen LogP contribution in [0.3, 0.4) is 0 Å². The molecule has 1 saturated heterocycles. The molecule has 0 aromatic rings. The summed E-state index contributed by atoms with van der Waals surface area (Å²) in [5, 5.41) is 5.49. The minimum atomic E-state index is -1.35. The highest BCUT2D eigenvalue weighted by Gasteiger charge is 2.35. The Labute approximate surface area is 98.5 Å². The van der Waals surface area contributed by atoms with E-state index < -0.39 is 22.7 Å². The third-order valence-electron chi connectivity index (χ3n) is 2.35. The van der Waals surface area contributed by atoms with Crippen molar-refractivity contribution in [3.8, 4) is 0 Å². The molecule has 0 saturated carbocycles. The Morgan fingerprint density at radius 2 is 2.31 bits per heavy atom. The molecular formula is C9H14N2O4S. The van der Waals surface area contributed by atoms with E-state index in [4.69, 9.17) is 0 Å². The molecule has 6 nitrogen and oxygen atoms in total. The number of nitrogens with one attached hydrogen (secondary N) is 1. The Bertz CT molecular complexity index is 300. The molecule has 7 heteroatoms. The lowest BCUT2D eigenvalue weighted by Crippen LogP contribution is -2.40. The topological polar surface area (TPSA) is 84.8 Å². The fraction of sp³-hybridized carbons (Fsp3) is 0.778. The first kappa shape index (κ1) is 13.1. The summed E-state index contributed by atoms with van der Waals surface area (Å²) in [6.07, 6.45) is 1.53. The van der Waals surface area contributed by atoms with Gasteiger partial charge in [0.25, 0.3) is 0 Å². The molecule has 0 aromatic heterocycles. The van der Waals surface area contributed by atoms with Gasteiger partial charge in [0.1, 0.15) is 17.3 Å². The summed E-state index contributed by atoms with van der Waals surface area (Å²) in [4.78, 5) is 33.0. The summed E-state index contributed by atoms with van der Waals surface area (Å²) in [6, 6.07) is -0.433. The number of ether oxygens (including phenoxy) is 1. The van der Waals surface area contributed by atoms with Crippen LogP contribution in [0.5, 0.6) is 0 Å². The van der Waals surface area contributed by atoms with E-state index in [2.05, 4.69) is 27.9 Å². The maximum atomic E-state index is 11.5. The van der Waals surface area contributed by atoms with Gasteiger partial charge in [-0.25, -0.2) is 9.59 Å². The molecule has 1 aliphatic rings. The number of esters is 2. The van der Waals surface area contributed by atoms with Crippen LogP contribution in [0, 0.1) is 4.91 Å². The highest BCUT2D eigenvalue weighted by Crippen LogP contribution is 2.17. The van der Waals surface area contributed by atoms with Gasteiger partial charge in [0.2, 0.25) is 0 Å². The quantitative estimate of drug-likeness (QED) is 0.322. The van der Waals surface area contributed by atoms with Gasteiger partial charge in [-0.05, 0) is 26.3 Å². The molecule has 1 rings (SSSR count). The van der Waals surface area contributed by atoms with Crippen molar-refractivity contribution >= 4 is 24.6 Å². The van der Waals surface area contributed by atoms with Gasteiger partial charge < -0.3 is 10.1 Å². The van der Waals surface area contributed by atoms with Crippen molar-refractivity contribution in [2.75, 3.05) is 13.1 Å². The van der Waals surface area contributed by atoms with Crippen molar-refractivity contribution in [2.45, 2.75) is 30.6 Å². The maximum absolute atomic E-state index is 11.5. The van der Waals surface area contributed by atoms with E-state index in [9.17, 15) is 14.5 Å². The van der Waals surface area contributed by atoms with Crippen molar-refractivity contribution in [3.05, 3.63) is 4.91 Å². The molecule has 16 heavy (non-hydrogen) atoms. The van der Waals surface area contributed by atoms with Gasteiger partial charge in [-0.3, -0.25) is 0 Å². The first-order valence-electron chi connectivity index (χ1n) is 4.98. The van der Waals surface area contributed by atoms with Gasteiger partial charge in [0.15, 0.2) is 0 Å². The maximum Gasteiger partial charge on any atom is 0.331 e. The van der Waals surface area contributed by atoms with E-state index >= 15 is 0 Å². The average Bonchev–Trinajstić information content (AvgIpc) is 2.70. The van der Waals surface area contributed by atoms with E-state index in [1.807, 2.05) is 0 Å². The van der Waals surface area contributed by atoms with E-state index in [-0.39, 0.29) is 6.54 Å². The zero-order valence-corrected chi connectivity index (χ0v) is 9.83. The first-order valence-corrected chi connectivity index (χ1v) is 5.43. The Balaban J connectivity index is 2.49. The third kappa shape index (κ3) is 3.28. The van der Waals surface area contributed by atoms with Crippen molar-refractivity contribution in [1.29, 1.82) is 0 Å².